The number of likely N-dealkylation sites (tertiary alicyclic amines) is 1. The van der Waals surface area contributed by atoms with Gasteiger partial charge in [-0.25, -0.2) is 27.6 Å². The molecule has 0 unspecified atom stereocenters. The summed E-state index contributed by atoms with van der Waals surface area (Å²) in [6.45, 7) is 5.31. The van der Waals surface area contributed by atoms with Gasteiger partial charge in [0, 0.05) is 25.8 Å². The van der Waals surface area contributed by atoms with Crippen LogP contribution in [0.25, 0.3) is 0 Å². The maximum Gasteiger partial charge on any atom is 0.329 e. The van der Waals surface area contributed by atoms with Gasteiger partial charge in [-0.15, -0.1) is 0 Å². The number of rotatable bonds is 10. The average molecular weight is 539 g/mol. The van der Waals surface area contributed by atoms with E-state index in [4.69, 9.17) is 19.9 Å². The van der Waals surface area contributed by atoms with Crippen molar-refractivity contribution in [1.82, 2.24) is 14.9 Å². The summed E-state index contributed by atoms with van der Waals surface area (Å²) in [6, 6.07) is 2.20. The molecule has 11 nitrogen and oxygen atoms in total. The summed E-state index contributed by atoms with van der Waals surface area (Å²) >= 11 is 0. The molecule has 1 aliphatic heterocycles. The number of nitrogens with two attached hydrogens (primary N) is 1. The van der Waals surface area contributed by atoms with E-state index in [0.717, 1.165) is 12.3 Å². The number of hydrogen-bond acceptors (Lipinski definition) is 11. The number of sulfone groups is 1. The monoisotopic (exact) mass is 538 g/mol. The topological polar surface area (TPSA) is 151 Å². The summed E-state index contributed by atoms with van der Waals surface area (Å²) in [7, 11) is -3.57. The number of ether oxygens (including phenoxy) is 3. The SMILES string of the molecule is CCOC(=O)CN1CCC(Oc2ncnc(OC(=O)[C@@H](N)Cc3ccc(S(C)(=O)=O)cc3F)c2C)CC1. The van der Waals surface area contributed by atoms with Crippen LogP contribution in [-0.4, -0.2) is 79.9 Å². The number of esters is 2. The lowest BCUT2D eigenvalue weighted by Gasteiger charge is -2.31. The summed E-state index contributed by atoms with van der Waals surface area (Å²) in [5, 5.41) is 0. The lowest BCUT2D eigenvalue weighted by Crippen LogP contribution is -2.41. The maximum atomic E-state index is 14.4. The molecule has 0 saturated carbocycles. The molecule has 1 fully saturated rings. The van der Waals surface area contributed by atoms with Gasteiger partial charge in [0.2, 0.25) is 11.8 Å². The van der Waals surface area contributed by atoms with E-state index < -0.39 is 27.7 Å². The van der Waals surface area contributed by atoms with Crippen molar-refractivity contribution in [3.63, 3.8) is 0 Å². The summed E-state index contributed by atoms with van der Waals surface area (Å²) in [5.41, 5.74) is 6.40. The first kappa shape index (κ1) is 28.4. The highest BCUT2D eigenvalue weighted by molar-refractivity contribution is 7.90. The number of piperidine rings is 1. The minimum Gasteiger partial charge on any atom is -0.474 e. The van der Waals surface area contributed by atoms with Gasteiger partial charge in [0.15, 0.2) is 9.84 Å². The van der Waals surface area contributed by atoms with Gasteiger partial charge in [0.1, 0.15) is 24.3 Å². The Labute approximate surface area is 215 Å². The minimum atomic E-state index is -3.57. The van der Waals surface area contributed by atoms with Gasteiger partial charge in [-0.2, -0.15) is 0 Å². The first-order valence-corrected chi connectivity index (χ1v) is 13.7. The molecule has 1 atom stereocenters. The van der Waals surface area contributed by atoms with Gasteiger partial charge < -0.3 is 19.9 Å². The molecule has 2 aromatic rings. The second kappa shape index (κ2) is 12.4. The predicted molar refractivity (Wildman–Crippen MR) is 130 cm³/mol. The van der Waals surface area contributed by atoms with Gasteiger partial charge >= 0.3 is 11.9 Å². The van der Waals surface area contributed by atoms with Crippen molar-refractivity contribution >= 4 is 21.8 Å². The second-order valence-corrected chi connectivity index (χ2v) is 10.8. The van der Waals surface area contributed by atoms with Gasteiger partial charge in [0.25, 0.3) is 0 Å². The van der Waals surface area contributed by atoms with Crippen LogP contribution in [0.5, 0.6) is 11.8 Å². The van der Waals surface area contributed by atoms with Crippen molar-refractivity contribution in [3.05, 3.63) is 41.5 Å². The van der Waals surface area contributed by atoms with E-state index in [2.05, 4.69) is 9.97 Å². The number of benzene rings is 1. The molecule has 202 valence electrons. The Morgan fingerprint density at radius 1 is 1.22 bits per heavy atom. The van der Waals surface area contributed by atoms with E-state index in [1.54, 1.807) is 13.8 Å². The molecule has 0 radical (unpaired) electrons. The van der Waals surface area contributed by atoms with Crippen LogP contribution in [0.4, 0.5) is 4.39 Å². The summed E-state index contributed by atoms with van der Waals surface area (Å²) in [5.74, 6) is -1.65. The molecule has 2 heterocycles. The van der Waals surface area contributed by atoms with Crippen LogP contribution >= 0.6 is 0 Å². The number of aromatic nitrogens is 2. The fourth-order valence-electron chi connectivity index (χ4n) is 3.79. The Kier molecular flexibility index (Phi) is 9.51. The number of hydrogen-bond donors (Lipinski definition) is 1. The Balaban J connectivity index is 1.57. The van der Waals surface area contributed by atoms with Gasteiger partial charge in [-0.1, -0.05) is 6.07 Å². The minimum absolute atomic E-state index is 0.0295. The molecule has 0 amide bonds. The van der Waals surface area contributed by atoms with Crippen molar-refractivity contribution in [2.24, 2.45) is 5.73 Å². The fourth-order valence-corrected chi connectivity index (χ4v) is 4.42. The van der Waals surface area contributed by atoms with E-state index in [1.807, 2.05) is 4.90 Å². The quantitative estimate of drug-likeness (QED) is 0.435. The Hall–Kier alpha value is -3.16. The largest absolute Gasteiger partial charge is 0.474 e. The molecule has 1 aromatic carbocycles. The number of carbonyl (C=O) groups excluding carboxylic acids is 2. The molecule has 1 aromatic heterocycles. The molecule has 0 aliphatic carbocycles. The molecule has 13 heteroatoms. The molecule has 3 rings (SSSR count). The van der Waals surface area contributed by atoms with Crippen molar-refractivity contribution in [2.45, 2.75) is 50.2 Å². The lowest BCUT2D eigenvalue weighted by atomic mass is 10.1. The third-order valence-electron chi connectivity index (χ3n) is 5.86. The van der Waals surface area contributed by atoms with Gasteiger partial charge in [-0.3, -0.25) is 9.69 Å². The third-order valence-corrected chi connectivity index (χ3v) is 6.97. The second-order valence-electron chi connectivity index (χ2n) is 8.76. The molecule has 1 saturated heterocycles. The maximum absolute atomic E-state index is 14.4. The average Bonchev–Trinajstić information content (AvgIpc) is 2.83. The third kappa shape index (κ3) is 7.91. The fraction of sp³-hybridized carbons (Fsp3) is 0.500. The van der Waals surface area contributed by atoms with Crippen molar-refractivity contribution in [1.29, 1.82) is 0 Å². The lowest BCUT2D eigenvalue weighted by molar-refractivity contribution is -0.145. The van der Waals surface area contributed by atoms with E-state index >= 15 is 0 Å². The van der Waals surface area contributed by atoms with Crippen LogP contribution in [0, 0.1) is 12.7 Å². The smallest absolute Gasteiger partial charge is 0.329 e. The first-order chi connectivity index (χ1) is 17.5. The molecule has 1 aliphatic rings. The van der Waals surface area contributed by atoms with E-state index in [1.165, 1.54) is 18.5 Å². The highest BCUT2D eigenvalue weighted by Gasteiger charge is 2.25. The van der Waals surface area contributed by atoms with E-state index in [9.17, 15) is 22.4 Å². The Morgan fingerprint density at radius 2 is 1.89 bits per heavy atom. The molecule has 2 N–H and O–H groups in total. The standard InChI is InChI=1S/C24H31FN4O7S/c1-4-34-21(30)13-29-9-7-17(8-10-29)35-22-15(2)23(28-14-27-22)36-24(31)20(26)11-16-5-6-18(12-19(16)25)37(3,32)33/h5-6,12,14,17,20H,4,7-11,13,26H2,1-3H3/t20-/m0/s1. The van der Waals surface area contributed by atoms with E-state index in [0.29, 0.717) is 38.1 Å². The molecule has 37 heavy (non-hydrogen) atoms. The number of carbonyl (C=O) groups is 2. The first-order valence-electron chi connectivity index (χ1n) is 11.8. The predicted octanol–water partition coefficient (Wildman–Crippen LogP) is 1.21. The molecule has 0 spiro atoms. The normalized spacial score (nSPS) is 15.7. The van der Waals surface area contributed by atoms with Crippen LogP contribution in [0.15, 0.2) is 29.4 Å². The van der Waals surface area contributed by atoms with Crippen LogP contribution in [0.1, 0.15) is 30.9 Å². The molecule has 0 bridgehead atoms. The molecular formula is C24H31FN4O7S. The van der Waals surface area contributed by atoms with Gasteiger partial charge in [-0.05, 0) is 44.4 Å². The summed E-state index contributed by atoms with van der Waals surface area (Å²) < 4.78 is 53.8. The van der Waals surface area contributed by atoms with Crippen LogP contribution < -0.4 is 15.2 Å². The summed E-state index contributed by atoms with van der Waals surface area (Å²) in [4.78, 5) is 34.2. The number of nitrogens with zero attached hydrogens (tertiary/aromatic N) is 3. The van der Waals surface area contributed by atoms with Crippen molar-refractivity contribution in [2.75, 3.05) is 32.5 Å². The zero-order chi connectivity index (χ0) is 27.2. The highest BCUT2D eigenvalue weighted by Crippen LogP contribution is 2.26. The Bertz CT molecular complexity index is 1230. The van der Waals surface area contributed by atoms with Gasteiger partial charge in [0.05, 0.1) is 23.6 Å². The van der Waals surface area contributed by atoms with Crippen LogP contribution in [0.2, 0.25) is 0 Å². The molecular weight excluding hydrogens is 507 g/mol. The Morgan fingerprint density at radius 3 is 2.51 bits per heavy atom. The van der Waals surface area contributed by atoms with Crippen LogP contribution in [0.3, 0.4) is 0 Å². The van der Waals surface area contributed by atoms with Crippen LogP contribution in [-0.2, 0) is 30.6 Å². The van der Waals surface area contributed by atoms with Crippen molar-refractivity contribution in [3.8, 4) is 11.8 Å². The van der Waals surface area contributed by atoms with E-state index in [-0.39, 0.29) is 47.3 Å². The summed E-state index contributed by atoms with van der Waals surface area (Å²) in [6.07, 6.45) is 3.18. The zero-order valence-electron chi connectivity index (χ0n) is 21.0. The number of halogens is 1. The zero-order valence-corrected chi connectivity index (χ0v) is 21.8. The highest BCUT2D eigenvalue weighted by atomic mass is 32.2. The van der Waals surface area contributed by atoms with Crippen molar-refractivity contribution < 1.29 is 36.6 Å².